The van der Waals surface area contributed by atoms with Crippen LogP contribution in [0.4, 0.5) is 0 Å². The molecule has 19 heavy (non-hydrogen) atoms. The van der Waals surface area contributed by atoms with Crippen molar-refractivity contribution in [2.24, 2.45) is 5.73 Å². The quantitative estimate of drug-likeness (QED) is 0.843. The molecule has 0 atom stereocenters. The number of aromatic nitrogens is 1. The van der Waals surface area contributed by atoms with Gasteiger partial charge in [0.2, 0.25) is 5.76 Å². The largest absolute Gasteiger partial charge is 0.351 e. The highest BCUT2D eigenvalue weighted by molar-refractivity contribution is 5.91. The van der Waals surface area contributed by atoms with E-state index in [1.807, 2.05) is 13.8 Å². The standard InChI is InChI=1S/C13H23N3O2.ClH/c1-5-9(6-2)10-7-11(18-16-10)12(17)15-13(3,4)8-14;/h7,9H,5-6,8,14H2,1-4H3,(H,15,17);1H. The first-order chi connectivity index (χ1) is 8.43. The number of carbonyl (C=O) groups excluding carboxylic acids is 1. The van der Waals surface area contributed by atoms with Gasteiger partial charge in [-0.1, -0.05) is 19.0 Å². The molecule has 0 fully saturated rings. The highest BCUT2D eigenvalue weighted by Gasteiger charge is 2.23. The second-order valence-electron chi connectivity index (χ2n) is 5.17. The van der Waals surface area contributed by atoms with Crippen LogP contribution in [0.15, 0.2) is 10.6 Å². The van der Waals surface area contributed by atoms with E-state index < -0.39 is 5.54 Å². The second-order valence-corrected chi connectivity index (χ2v) is 5.17. The van der Waals surface area contributed by atoms with E-state index >= 15 is 0 Å². The zero-order valence-electron chi connectivity index (χ0n) is 12.0. The number of amides is 1. The van der Waals surface area contributed by atoms with Crippen molar-refractivity contribution in [2.75, 3.05) is 6.54 Å². The average molecular weight is 290 g/mol. The van der Waals surface area contributed by atoms with Crippen LogP contribution in [0.3, 0.4) is 0 Å². The Kier molecular flexibility index (Phi) is 7.08. The number of carbonyl (C=O) groups is 1. The maximum atomic E-state index is 11.9. The van der Waals surface area contributed by atoms with E-state index in [-0.39, 0.29) is 24.1 Å². The fourth-order valence-corrected chi connectivity index (χ4v) is 1.72. The van der Waals surface area contributed by atoms with Crippen molar-refractivity contribution in [2.45, 2.75) is 52.0 Å². The maximum Gasteiger partial charge on any atom is 0.290 e. The summed E-state index contributed by atoms with van der Waals surface area (Å²) in [5.74, 6) is 0.325. The number of nitrogens with zero attached hydrogens (tertiary/aromatic N) is 1. The van der Waals surface area contributed by atoms with Gasteiger partial charge in [0.1, 0.15) is 0 Å². The maximum absolute atomic E-state index is 11.9. The molecule has 0 aliphatic rings. The average Bonchev–Trinajstić information content (AvgIpc) is 2.80. The molecule has 0 unspecified atom stereocenters. The van der Waals surface area contributed by atoms with Gasteiger partial charge in [-0.15, -0.1) is 12.4 Å². The highest BCUT2D eigenvalue weighted by Crippen LogP contribution is 2.22. The summed E-state index contributed by atoms with van der Waals surface area (Å²) in [6.45, 7) is 8.29. The summed E-state index contributed by atoms with van der Waals surface area (Å²) in [7, 11) is 0. The minimum atomic E-state index is -0.445. The topological polar surface area (TPSA) is 81.2 Å². The molecule has 0 radical (unpaired) electrons. The molecule has 0 saturated heterocycles. The van der Waals surface area contributed by atoms with Gasteiger partial charge in [0.25, 0.3) is 5.91 Å². The van der Waals surface area contributed by atoms with E-state index in [4.69, 9.17) is 10.3 Å². The van der Waals surface area contributed by atoms with Crippen molar-refractivity contribution < 1.29 is 9.32 Å². The minimum Gasteiger partial charge on any atom is -0.351 e. The van der Waals surface area contributed by atoms with Gasteiger partial charge in [0.15, 0.2) is 0 Å². The monoisotopic (exact) mass is 289 g/mol. The molecule has 0 spiro atoms. The fraction of sp³-hybridized carbons (Fsp3) is 0.692. The van der Waals surface area contributed by atoms with E-state index in [1.54, 1.807) is 6.07 Å². The van der Waals surface area contributed by atoms with Crippen molar-refractivity contribution in [1.29, 1.82) is 0 Å². The van der Waals surface area contributed by atoms with Gasteiger partial charge in [-0.05, 0) is 26.7 Å². The van der Waals surface area contributed by atoms with Gasteiger partial charge in [-0.2, -0.15) is 0 Å². The Morgan fingerprint density at radius 2 is 2.05 bits per heavy atom. The van der Waals surface area contributed by atoms with Crippen molar-refractivity contribution in [3.05, 3.63) is 17.5 Å². The highest BCUT2D eigenvalue weighted by atomic mass is 35.5. The number of rotatable bonds is 6. The minimum absolute atomic E-state index is 0. The molecule has 0 saturated carbocycles. The van der Waals surface area contributed by atoms with Crippen LogP contribution in [0.5, 0.6) is 0 Å². The molecule has 0 aromatic carbocycles. The number of nitrogens with two attached hydrogens (primary N) is 1. The van der Waals surface area contributed by atoms with Gasteiger partial charge >= 0.3 is 0 Å². The second kappa shape index (κ2) is 7.50. The summed E-state index contributed by atoms with van der Waals surface area (Å²) in [6.07, 6.45) is 1.97. The lowest BCUT2D eigenvalue weighted by Gasteiger charge is -2.23. The van der Waals surface area contributed by atoms with Crippen LogP contribution in [-0.2, 0) is 0 Å². The number of hydrogen-bond donors (Lipinski definition) is 2. The van der Waals surface area contributed by atoms with E-state index in [2.05, 4.69) is 24.3 Å². The molecular weight excluding hydrogens is 266 g/mol. The van der Waals surface area contributed by atoms with Gasteiger partial charge in [-0.25, -0.2) is 0 Å². The first-order valence-electron chi connectivity index (χ1n) is 6.42. The van der Waals surface area contributed by atoms with Crippen LogP contribution in [0.1, 0.15) is 62.7 Å². The first kappa shape index (κ1) is 17.9. The number of hydrogen-bond acceptors (Lipinski definition) is 4. The molecule has 1 amide bonds. The molecule has 110 valence electrons. The van der Waals surface area contributed by atoms with Crippen molar-refractivity contribution in [3.8, 4) is 0 Å². The van der Waals surface area contributed by atoms with E-state index in [1.165, 1.54) is 0 Å². The normalized spacial score (nSPS) is 11.3. The third kappa shape index (κ3) is 4.84. The third-order valence-corrected chi connectivity index (χ3v) is 3.12. The van der Waals surface area contributed by atoms with Gasteiger partial charge in [0.05, 0.1) is 5.69 Å². The van der Waals surface area contributed by atoms with Crippen LogP contribution in [0, 0.1) is 0 Å². The molecule has 1 rings (SSSR count). The molecule has 1 heterocycles. The lowest BCUT2D eigenvalue weighted by atomic mass is 9.99. The lowest BCUT2D eigenvalue weighted by molar-refractivity contribution is 0.0877. The molecule has 6 heteroatoms. The van der Waals surface area contributed by atoms with Crippen LogP contribution in [0.25, 0.3) is 0 Å². The van der Waals surface area contributed by atoms with Crippen molar-refractivity contribution in [3.63, 3.8) is 0 Å². The molecule has 0 aliphatic heterocycles. The summed E-state index contributed by atoms with van der Waals surface area (Å²) >= 11 is 0. The predicted molar refractivity (Wildman–Crippen MR) is 77.7 cm³/mol. The van der Waals surface area contributed by atoms with Crippen LogP contribution >= 0.6 is 12.4 Å². The van der Waals surface area contributed by atoms with Crippen molar-refractivity contribution in [1.82, 2.24) is 10.5 Å². The number of halogens is 1. The summed E-state index contributed by atoms with van der Waals surface area (Å²) in [5.41, 5.74) is 5.97. The fourth-order valence-electron chi connectivity index (χ4n) is 1.72. The number of nitrogens with one attached hydrogen (secondary N) is 1. The summed E-state index contributed by atoms with van der Waals surface area (Å²) in [4.78, 5) is 11.9. The summed E-state index contributed by atoms with van der Waals surface area (Å²) in [6, 6.07) is 1.72. The Morgan fingerprint density at radius 1 is 1.47 bits per heavy atom. The Labute approximate surface area is 120 Å². The molecule has 1 aromatic heterocycles. The smallest absolute Gasteiger partial charge is 0.290 e. The summed E-state index contributed by atoms with van der Waals surface area (Å²) in [5, 5.41) is 6.78. The Morgan fingerprint density at radius 3 is 2.53 bits per heavy atom. The Hall–Kier alpha value is -1.07. The van der Waals surface area contributed by atoms with Crippen LogP contribution in [-0.4, -0.2) is 23.1 Å². The van der Waals surface area contributed by atoms with Gasteiger partial charge < -0.3 is 15.6 Å². The molecular formula is C13H24ClN3O2. The lowest BCUT2D eigenvalue weighted by Crippen LogP contribution is -2.48. The van der Waals surface area contributed by atoms with Crippen LogP contribution in [0.2, 0.25) is 0 Å². The summed E-state index contributed by atoms with van der Waals surface area (Å²) < 4.78 is 5.10. The molecule has 0 bridgehead atoms. The molecule has 1 aromatic rings. The zero-order valence-corrected chi connectivity index (χ0v) is 12.8. The Balaban J connectivity index is 0.00000324. The van der Waals surface area contributed by atoms with Crippen molar-refractivity contribution >= 4 is 18.3 Å². The first-order valence-corrected chi connectivity index (χ1v) is 6.42. The van der Waals surface area contributed by atoms with Gasteiger partial charge in [0, 0.05) is 24.1 Å². The van der Waals surface area contributed by atoms with E-state index in [0.29, 0.717) is 12.5 Å². The van der Waals surface area contributed by atoms with E-state index in [9.17, 15) is 4.79 Å². The molecule has 0 aliphatic carbocycles. The molecule has 3 N–H and O–H groups in total. The SMILES string of the molecule is CCC(CC)c1cc(C(=O)NC(C)(C)CN)on1.Cl. The van der Waals surface area contributed by atoms with Gasteiger partial charge in [-0.3, -0.25) is 4.79 Å². The van der Waals surface area contributed by atoms with E-state index in [0.717, 1.165) is 18.5 Å². The molecule has 5 nitrogen and oxygen atoms in total. The Bertz CT molecular complexity index is 400. The van der Waals surface area contributed by atoms with Crippen LogP contribution < -0.4 is 11.1 Å². The third-order valence-electron chi connectivity index (χ3n) is 3.12. The predicted octanol–water partition coefficient (Wildman–Crippen LogP) is 2.47. The zero-order chi connectivity index (χ0) is 13.8.